The highest BCUT2D eigenvalue weighted by molar-refractivity contribution is 5.80. The van der Waals surface area contributed by atoms with E-state index in [1.807, 2.05) is 6.92 Å². The highest BCUT2D eigenvalue weighted by Gasteiger charge is 2.35. The molecule has 1 saturated carbocycles. The molecule has 4 atom stereocenters. The third kappa shape index (κ3) is 3.27. The van der Waals surface area contributed by atoms with Crippen LogP contribution < -0.4 is 0 Å². The fraction of sp³-hybridized carbons (Fsp3) is 0.917. The lowest BCUT2D eigenvalue weighted by Crippen LogP contribution is -2.42. The van der Waals surface area contributed by atoms with Crippen LogP contribution in [0.4, 0.5) is 0 Å². The second kappa shape index (κ2) is 6.33. The summed E-state index contributed by atoms with van der Waals surface area (Å²) in [5.74, 6) is 0.240. The lowest BCUT2D eigenvalue weighted by molar-refractivity contribution is -0.137. The van der Waals surface area contributed by atoms with Gasteiger partial charge in [0, 0.05) is 13.7 Å². The smallest absolute Gasteiger partial charge is 0.158 e. The molecule has 1 fully saturated rings. The zero-order chi connectivity index (χ0) is 12.1. The molecule has 94 valence electrons. The molecule has 0 amide bonds. The van der Waals surface area contributed by atoms with E-state index < -0.39 is 6.10 Å². The highest BCUT2D eigenvalue weighted by Crippen LogP contribution is 2.30. The van der Waals surface area contributed by atoms with Crippen LogP contribution in [0.2, 0.25) is 0 Å². The molecule has 4 heteroatoms. The third-order valence-electron chi connectivity index (χ3n) is 3.28. The maximum absolute atomic E-state index is 11.5. The van der Waals surface area contributed by atoms with Gasteiger partial charge in [0.2, 0.25) is 0 Å². The average molecular weight is 230 g/mol. The number of carbonyl (C=O) groups is 1. The fourth-order valence-electron chi connectivity index (χ4n) is 2.44. The molecule has 1 aliphatic carbocycles. The van der Waals surface area contributed by atoms with Crippen molar-refractivity contribution in [3.05, 3.63) is 0 Å². The van der Waals surface area contributed by atoms with Crippen LogP contribution in [-0.4, -0.2) is 42.9 Å². The predicted molar refractivity (Wildman–Crippen MR) is 60.2 cm³/mol. The van der Waals surface area contributed by atoms with E-state index in [1.165, 1.54) is 0 Å². The molecule has 16 heavy (non-hydrogen) atoms. The van der Waals surface area contributed by atoms with Gasteiger partial charge in [-0.2, -0.15) is 0 Å². The SMILES string of the molecule is CCO[C@H](C(C)=O)C1CCC(O)C(OC)C1. The van der Waals surface area contributed by atoms with Crippen LogP contribution in [0, 0.1) is 5.92 Å². The van der Waals surface area contributed by atoms with Gasteiger partial charge in [-0.25, -0.2) is 0 Å². The summed E-state index contributed by atoms with van der Waals surface area (Å²) in [4.78, 5) is 11.5. The Morgan fingerprint density at radius 2 is 2.19 bits per heavy atom. The summed E-state index contributed by atoms with van der Waals surface area (Å²) in [5.41, 5.74) is 0. The molecule has 0 aromatic carbocycles. The number of aliphatic hydroxyl groups excluding tert-OH is 1. The van der Waals surface area contributed by atoms with Crippen LogP contribution in [0.5, 0.6) is 0 Å². The van der Waals surface area contributed by atoms with Crippen molar-refractivity contribution in [3.63, 3.8) is 0 Å². The van der Waals surface area contributed by atoms with E-state index in [-0.39, 0.29) is 23.9 Å². The number of hydrogen-bond acceptors (Lipinski definition) is 4. The van der Waals surface area contributed by atoms with E-state index in [4.69, 9.17) is 9.47 Å². The topological polar surface area (TPSA) is 55.8 Å². The zero-order valence-corrected chi connectivity index (χ0v) is 10.3. The Morgan fingerprint density at radius 3 is 2.69 bits per heavy atom. The van der Waals surface area contributed by atoms with Crippen molar-refractivity contribution >= 4 is 5.78 Å². The van der Waals surface area contributed by atoms with Crippen LogP contribution in [0.1, 0.15) is 33.1 Å². The molecule has 0 spiro atoms. The van der Waals surface area contributed by atoms with Crippen molar-refractivity contribution in [1.29, 1.82) is 0 Å². The second-order valence-corrected chi connectivity index (χ2v) is 4.40. The first-order valence-electron chi connectivity index (χ1n) is 5.93. The van der Waals surface area contributed by atoms with E-state index in [1.54, 1.807) is 14.0 Å². The monoisotopic (exact) mass is 230 g/mol. The minimum atomic E-state index is -0.407. The van der Waals surface area contributed by atoms with Crippen molar-refractivity contribution in [2.75, 3.05) is 13.7 Å². The third-order valence-corrected chi connectivity index (χ3v) is 3.28. The summed E-state index contributed by atoms with van der Waals surface area (Å²) in [7, 11) is 1.60. The molecule has 1 rings (SSSR count). The number of methoxy groups -OCH3 is 1. The Morgan fingerprint density at radius 1 is 1.50 bits per heavy atom. The first kappa shape index (κ1) is 13.6. The lowest BCUT2D eigenvalue weighted by atomic mass is 9.81. The van der Waals surface area contributed by atoms with Gasteiger partial charge < -0.3 is 14.6 Å². The van der Waals surface area contributed by atoms with Gasteiger partial charge in [-0.1, -0.05) is 0 Å². The van der Waals surface area contributed by atoms with Crippen molar-refractivity contribution < 1.29 is 19.4 Å². The highest BCUT2D eigenvalue weighted by atomic mass is 16.5. The Kier molecular flexibility index (Phi) is 5.38. The van der Waals surface area contributed by atoms with Gasteiger partial charge in [0.15, 0.2) is 5.78 Å². The van der Waals surface area contributed by atoms with Gasteiger partial charge in [0.05, 0.1) is 12.2 Å². The van der Waals surface area contributed by atoms with Gasteiger partial charge >= 0.3 is 0 Å². The van der Waals surface area contributed by atoms with Crippen LogP contribution >= 0.6 is 0 Å². The number of aliphatic hydroxyl groups is 1. The number of ketones is 1. The molecule has 1 N–H and O–H groups in total. The first-order chi connectivity index (χ1) is 7.60. The van der Waals surface area contributed by atoms with Crippen LogP contribution in [-0.2, 0) is 14.3 Å². The molecule has 1 aliphatic rings. The van der Waals surface area contributed by atoms with Crippen molar-refractivity contribution in [2.45, 2.75) is 51.4 Å². The molecule has 0 saturated heterocycles. The quantitative estimate of drug-likeness (QED) is 0.770. The normalized spacial score (nSPS) is 32.4. The van der Waals surface area contributed by atoms with E-state index in [2.05, 4.69) is 0 Å². The lowest BCUT2D eigenvalue weighted by Gasteiger charge is -2.35. The van der Waals surface area contributed by atoms with Crippen LogP contribution in [0.15, 0.2) is 0 Å². The Hall–Kier alpha value is -0.450. The van der Waals surface area contributed by atoms with E-state index in [9.17, 15) is 9.90 Å². The standard InChI is InChI=1S/C12H22O4/c1-4-16-12(8(2)13)9-5-6-10(14)11(7-9)15-3/h9-12,14H,4-7H2,1-3H3/t9?,10?,11?,12-/m1/s1. The molecule has 0 aromatic heterocycles. The number of carbonyl (C=O) groups excluding carboxylic acids is 1. The maximum Gasteiger partial charge on any atom is 0.158 e. The first-order valence-corrected chi connectivity index (χ1v) is 5.93. The number of hydrogen-bond donors (Lipinski definition) is 1. The predicted octanol–water partition coefficient (Wildman–Crippen LogP) is 1.16. The number of ether oxygens (including phenoxy) is 2. The van der Waals surface area contributed by atoms with E-state index in [0.717, 1.165) is 6.42 Å². The molecule has 0 heterocycles. The molecular weight excluding hydrogens is 208 g/mol. The Balaban J connectivity index is 2.61. The van der Waals surface area contributed by atoms with Crippen molar-refractivity contribution in [2.24, 2.45) is 5.92 Å². The summed E-state index contributed by atoms with van der Waals surface area (Å²) in [6, 6.07) is 0. The molecule has 4 nitrogen and oxygen atoms in total. The fourth-order valence-corrected chi connectivity index (χ4v) is 2.44. The summed E-state index contributed by atoms with van der Waals surface area (Å²) in [6.07, 6.45) is 1.29. The maximum atomic E-state index is 11.5. The Bertz CT molecular complexity index is 229. The van der Waals surface area contributed by atoms with Gasteiger partial charge in [-0.05, 0) is 39.0 Å². The molecule has 0 aromatic rings. The van der Waals surface area contributed by atoms with Crippen LogP contribution in [0.25, 0.3) is 0 Å². The minimum Gasteiger partial charge on any atom is -0.390 e. The molecule has 0 bridgehead atoms. The molecular formula is C12H22O4. The van der Waals surface area contributed by atoms with Crippen molar-refractivity contribution in [1.82, 2.24) is 0 Å². The van der Waals surface area contributed by atoms with E-state index >= 15 is 0 Å². The summed E-state index contributed by atoms with van der Waals surface area (Å²) >= 11 is 0. The summed E-state index contributed by atoms with van der Waals surface area (Å²) in [6.45, 7) is 4.00. The van der Waals surface area contributed by atoms with E-state index in [0.29, 0.717) is 19.4 Å². The number of Topliss-reactive ketones (excluding diaryl/α,β-unsaturated/α-hetero) is 1. The Labute approximate surface area is 96.9 Å². The van der Waals surface area contributed by atoms with Crippen LogP contribution in [0.3, 0.4) is 0 Å². The molecule has 3 unspecified atom stereocenters. The molecule has 0 radical (unpaired) electrons. The average Bonchev–Trinajstić information content (AvgIpc) is 2.26. The largest absolute Gasteiger partial charge is 0.390 e. The molecule has 0 aliphatic heterocycles. The van der Waals surface area contributed by atoms with Gasteiger partial charge in [-0.15, -0.1) is 0 Å². The van der Waals surface area contributed by atoms with Gasteiger partial charge in [0.1, 0.15) is 6.10 Å². The van der Waals surface area contributed by atoms with Gasteiger partial charge in [0.25, 0.3) is 0 Å². The minimum absolute atomic E-state index is 0.0677. The summed E-state index contributed by atoms with van der Waals surface area (Å²) in [5, 5.41) is 9.69. The van der Waals surface area contributed by atoms with Gasteiger partial charge in [-0.3, -0.25) is 4.79 Å². The van der Waals surface area contributed by atoms with Crippen molar-refractivity contribution in [3.8, 4) is 0 Å². The summed E-state index contributed by atoms with van der Waals surface area (Å²) < 4.78 is 10.7. The zero-order valence-electron chi connectivity index (χ0n) is 10.3. The second-order valence-electron chi connectivity index (χ2n) is 4.40. The number of rotatable bonds is 5.